The van der Waals surface area contributed by atoms with Crippen molar-refractivity contribution in [2.45, 2.75) is 25.0 Å². The average Bonchev–Trinajstić information content (AvgIpc) is 2.18. The number of nitrogens with one attached hydrogen (secondary N) is 1. The second kappa shape index (κ2) is 5.29. The van der Waals surface area contributed by atoms with Crippen LogP contribution in [0.2, 0.25) is 0 Å². The Morgan fingerprint density at radius 3 is 3.00 bits per heavy atom. The molecule has 0 saturated carbocycles. The van der Waals surface area contributed by atoms with Gasteiger partial charge in [-0.05, 0) is 19.9 Å². The van der Waals surface area contributed by atoms with Crippen LogP contribution in [0.4, 0.5) is 0 Å². The predicted molar refractivity (Wildman–Crippen MR) is 51.7 cm³/mol. The fourth-order valence-electron chi connectivity index (χ4n) is 1.85. The molecule has 0 aliphatic carbocycles. The van der Waals surface area contributed by atoms with E-state index in [1.54, 1.807) is 0 Å². The second-order valence-electron chi connectivity index (χ2n) is 3.50. The van der Waals surface area contributed by atoms with Gasteiger partial charge in [-0.15, -0.1) is 0 Å². The Bertz CT molecular complexity index is 196. The van der Waals surface area contributed by atoms with Crippen molar-refractivity contribution >= 4 is 5.97 Å². The molecule has 1 fully saturated rings. The van der Waals surface area contributed by atoms with Crippen LogP contribution < -0.4 is 5.32 Å². The minimum Gasteiger partial charge on any atom is -0.468 e. The summed E-state index contributed by atoms with van der Waals surface area (Å²) in [5.74, 6) is -0.354. The summed E-state index contributed by atoms with van der Waals surface area (Å²) in [6, 6.07) is -0.513. The van der Waals surface area contributed by atoms with Gasteiger partial charge in [0.25, 0.3) is 0 Å². The molecule has 0 bridgehead atoms. The Morgan fingerprint density at radius 1 is 1.71 bits per heavy atom. The average molecular weight is 202 g/mol. The summed E-state index contributed by atoms with van der Waals surface area (Å²) in [7, 11) is 3.16. The van der Waals surface area contributed by atoms with Crippen molar-refractivity contribution in [3.8, 4) is 0 Å². The fraction of sp³-hybridized carbons (Fsp3) is 0.889. The lowest BCUT2D eigenvalue weighted by Crippen LogP contribution is -2.55. The molecule has 0 spiro atoms. The third-order valence-corrected chi connectivity index (χ3v) is 2.51. The van der Waals surface area contributed by atoms with E-state index in [0.717, 1.165) is 13.0 Å². The van der Waals surface area contributed by atoms with E-state index in [1.807, 2.05) is 11.9 Å². The van der Waals surface area contributed by atoms with Gasteiger partial charge in [0.2, 0.25) is 0 Å². The normalized spacial score (nSPS) is 28.8. The molecule has 1 aliphatic rings. The summed E-state index contributed by atoms with van der Waals surface area (Å²) < 4.78 is 4.67. The van der Waals surface area contributed by atoms with Crippen molar-refractivity contribution in [2.24, 2.45) is 0 Å². The molecule has 14 heavy (non-hydrogen) atoms. The number of nitrogens with zero attached hydrogens (tertiary/aromatic N) is 1. The third-order valence-electron chi connectivity index (χ3n) is 2.51. The number of aliphatic hydroxyl groups is 1. The van der Waals surface area contributed by atoms with Crippen LogP contribution in [0.3, 0.4) is 0 Å². The molecule has 0 aromatic heterocycles. The van der Waals surface area contributed by atoms with E-state index in [4.69, 9.17) is 0 Å². The van der Waals surface area contributed by atoms with Gasteiger partial charge in [-0.1, -0.05) is 0 Å². The Morgan fingerprint density at radius 2 is 2.43 bits per heavy atom. The first-order valence-electron chi connectivity index (χ1n) is 4.85. The lowest BCUT2D eigenvalue weighted by molar-refractivity contribution is -0.154. The molecule has 0 amide bonds. The summed E-state index contributed by atoms with van der Waals surface area (Å²) in [6.07, 6.45) is 0.973. The van der Waals surface area contributed by atoms with Gasteiger partial charge in [0.15, 0.2) is 0 Å². The molecule has 2 unspecified atom stereocenters. The molecule has 5 heteroatoms. The van der Waals surface area contributed by atoms with Crippen LogP contribution in [0, 0.1) is 0 Å². The van der Waals surface area contributed by atoms with Gasteiger partial charge in [0.05, 0.1) is 13.2 Å². The topological polar surface area (TPSA) is 61.8 Å². The molecule has 1 heterocycles. The smallest absolute Gasteiger partial charge is 0.325 e. The van der Waals surface area contributed by atoms with Gasteiger partial charge < -0.3 is 15.2 Å². The highest BCUT2D eigenvalue weighted by molar-refractivity contribution is 5.76. The van der Waals surface area contributed by atoms with Crippen LogP contribution in [0.5, 0.6) is 0 Å². The standard InChI is InChI=1S/C9H18N2O3/c1-10-6-11-5-3-4-7(12)8(11)9(13)14-2/h7-8,10,12H,3-6H2,1-2H3. The highest BCUT2D eigenvalue weighted by Crippen LogP contribution is 2.17. The monoisotopic (exact) mass is 202 g/mol. The van der Waals surface area contributed by atoms with E-state index >= 15 is 0 Å². The fourth-order valence-corrected chi connectivity index (χ4v) is 1.85. The lowest BCUT2D eigenvalue weighted by atomic mass is 9.99. The van der Waals surface area contributed by atoms with Gasteiger partial charge in [-0.2, -0.15) is 0 Å². The summed E-state index contributed by atoms with van der Waals surface area (Å²) in [5, 5.41) is 12.7. The van der Waals surface area contributed by atoms with Crippen molar-refractivity contribution in [3.63, 3.8) is 0 Å². The molecule has 5 nitrogen and oxygen atoms in total. The van der Waals surface area contributed by atoms with Crippen LogP contribution >= 0.6 is 0 Å². The number of carbonyl (C=O) groups is 1. The van der Waals surface area contributed by atoms with E-state index in [2.05, 4.69) is 10.1 Å². The first kappa shape index (κ1) is 11.4. The predicted octanol–water partition coefficient (Wildman–Crippen LogP) is -0.838. The summed E-state index contributed by atoms with van der Waals surface area (Å²) in [6.45, 7) is 1.41. The van der Waals surface area contributed by atoms with Crippen LogP contribution in [0.1, 0.15) is 12.8 Å². The Hall–Kier alpha value is -0.650. The number of rotatable bonds is 3. The molecule has 1 aliphatic heterocycles. The second-order valence-corrected chi connectivity index (χ2v) is 3.50. The molecule has 82 valence electrons. The van der Waals surface area contributed by atoms with Crippen molar-refractivity contribution in [1.82, 2.24) is 10.2 Å². The van der Waals surface area contributed by atoms with E-state index in [0.29, 0.717) is 13.1 Å². The van der Waals surface area contributed by atoms with Gasteiger partial charge in [-0.25, -0.2) is 0 Å². The van der Waals surface area contributed by atoms with E-state index in [-0.39, 0.29) is 5.97 Å². The Kier molecular flexibility index (Phi) is 4.31. The maximum atomic E-state index is 11.4. The van der Waals surface area contributed by atoms with Crippen LogP contribution in [-0.2, 0) is 9.53 Å². The number of hydrogen-bond acceptors (Lipinski definition) is 5. The number of esters is 1. The van der Waals surface area contributed by atoms with Gasteiger partial charge in [0, 0.05) is 13.2 Å². The minimum atomic E-state index is -0.607. The largest absolute Gasteiger partial charge is 0.468 e. The zero-order valence-corrected chi connectivity index (χ0v) is 8.69. The zero-order valence-electron chi connectivity index (χ0n) is 8.69. The molecule has 1 rings (SSSR count). The van der Waals surface area contributed by atoms with E-state index < -0.39 is 12.1 Å². The van der Waals surface area contributed by atoms with E-state index in [1.165, 1.54) is 7.11 Å². The molecular formula is C9H18N2O3. The summed E-state index contributed by atoms with van der Waals surface area (Å²) >= 11 is 0. The van der Waals surface area contributed by atoms with Crippen molar-refractivity contribution < 1.29 is 14.6 Å². The maximum Gasteiger partial charge on any atom is 0.325 e. The Labute approximate surface area is 84.0 Å². The number of hydrogen-bond donors (Lipinski definition) is 2. The number of ether oxygens (including phenoxy) is 1. The molecule has 1 saturated heterocycles. The lowest BCUT2D eigenvalue weighted by Gasteiger charge is -2.36. The number of piperidine rings is 1. The number of methoxy groups -OCH3 is 1. The highest BCUT2D eigenvalue weighted by atomic mass is 16.5. The SMILES string of the molecule is CNCN1CCCC(O)C1C(=O)OC. The van der Waals surface area contributed by atoms with Gasteiger partial charge >= 0.3 is 5.97 Å². The molecule has 2 N–H and O–H groups in total. The number of likely N-dealkylation sites (tertiary alicyclic amines) is 1. The molecular weight excluding hydrogens is 184 g/mol. The Balaban J connectivity index is 2.65. The first-order valence-corrected chi connectivity index (χ1v) is 4.85. The molecule has 0 radical (unpaired) electrons. The molecule has 0 aromatic rings. The van der Waals surface area contributed by atoms with E-state index in [9.17, 15) is 9.90 Å². The molecule has 2 atom stereocenters. The summed E-state index contributed by atoms with van der Waals surface area (Å²) in [4.78, 5) is 13.3. The van der Waals surface area contributed by atoms with Crippen LogP contribution in [-0.4, -0.2) is 55.5 Å². The number of aliphatic hydroxyl groups excluding tert-OH is 1. The van der Waals surface area contributed by atoms with Gasteiger partial charge in [-0.3, -0.25) is 9.69 Å². The number of carbonyl (C=O) groups excluding carboxylic acids is 1. The highest BCUT2D eigenvalue weighted by Gasteiger charge is 2.35. The van der Waals surface area contributed by atoms with Crippen molar-refractivity contribution in [1.29, 1.82) is 0 Å². The first-order chi connectivity index (χ1) is 6.70. The quantitative estimate of drug-likeness (QED) is 0.584. The maximum absolute atomic E-state index is 11.4. The molecule has 0 aromatic carbocycles. The minimum absolute atomic E-state index is 0.354. The van der Waals surface area contributed by atoms with Crippen LogP contribution in [0.25, 0.3) is 0 Å². The van der Waals surface area contributed by atoms with Crippen molar-refractivity contribution in [2.75, 3.05) is 27.4 Å². The zero-order chi connectivity index (χ0) is 10.6. The van der Waals surface area contributed by atoms with Gasteiger partial charge in [0.1, 0.15) is 6.04 Å². The summed E-state index contributed by atoms with van der Waals surface area (Å²) in [5.41, 5.74) is 0. The third kappa shape index (κ3) is 2.43. The van der Waals surface area contributed by atoms with Crippen LogP contribution in [0.15, 0.2) is 0 Å². The van der Waals surface area contributed by atoms with Crippen molar-refractivity contribution in [3.05, 3.63) is 0 Å².